The predicted octanol–water partition coefficient (Wildman–Crippen LogP) is 2.00. The van der Waals surface area contributed by atoms with E-state index in [2.05, 4.69) is 32.3 Å². The van der Waals surface area contributed by atoms with E-state index in [9.17, 15) is 14.7 Å². The van der Waals surface area contributed by atoms with E-state index in [1.54, 1.807) is 6.92 Å². The van der Waals surface area contributed by atoms with Crippen molar-refractivity contribution >= 4 is 18.1 Å². The Bertz CT molecular complexity index is 1190. The molecule has 0 saturated heterocycles. The Balaban J connectivity index is 2.53. The highest BCUT2D eigenvalue weighted by Crippen LogP contribution is 2.26. The second kappa shape index (κ2) is 5.94. The van der Waals surface area contributed by atoms with Gasteiger partial charge in [0.1, 0.15) is 16.5 Å². The van der Waals surface area contributed by atoms with Crippen LogP contribution in [0.3, 0.4) is 0 Å². The number of hydrogen-bond acceptors (Lipinski definition) is 3. The third-order valence-corrected chi connectivity index (χ3v) is 4.81. The van der Waals surface area contributed by atoms with Crippen LogP contribution in [0, 0.1) is 22.9 Å². The molecule has 5 heteroatoms. The molecule has 2 heterocycles. The number of aryl methyl sites for hydroxylation is 1. The summed E-state index contributed by atoms with van der Waals surface area (Å²) >= 11 is 0. The molecule has 1 amide bonds. The number of hydrogen-bond donors (Lipinski definition) is 1. The van der Waals surface area contributed by atoms with Gasteiger partial charge in [-0.1, -0.05) is 27.4 Å². The van der Waals surface area contributed by atoms with Crippen LogP contribution in [-0.2, 0) is 11.3 Å². The molecule has 136 valence electrons. The summed E-state index contributed by atoms with van der Waals surface area (Å²) in [6.07, 6.45) is 2.18. The lowest BCUT2D eigenvalue weighted by molar-refractivity contribution is -0.113. The molecule has 0 bridgehead atoms. The van der Waals surface area contributed by atoms with Crippen molar-refractivity contribution < 1.29 is 9.90 Å². The molecule has 0 aromatic heterocycles. The van der Waals surface area contributed by atoms with Gasteiger partial charge in [0.25, 0.3) is 5.91 Å². The number of nitrogens with zero attached hydrogens (tertiary/aromatic N) is 2. The van der Waals surface area contributed by atoms with Gasteiger partial charge in [-0.05, 0) is 42.9 Å². The van der Waals surface area contributed by atoms with Gasteiger partial charge in [0.05, 0.1) is 5.56 Å². The molecule has 3 aliphatic rings. The topological polar surface area (TPSA) is 71.7 Å². The molecule has 0 fully saturated rings. The van der Waals surface area contributed by atoms with Gasteiger partial charge in [0.2, 0.25) is 5.43 Å². The van der Waals surface area contributed by atoms with E-state index in [0.29, 0.717) is 33.6 Å². The van der Waals surface area contributed by atoms with Gasteiger partial charge in [-0.2, -0.15) is 0 Å². The molecule has 3 rings (SSSR count). The molecule has 1 N–H and O–H groups in total. The predicted molar refractivity (Wildman–Crippen MR) is 101 cm³/mol. The van der Waals surface area contributed by atoms with E-state index < -0.39 is 5.91 Å². The summed E-state index contributed by atoms with van der Waals surface area (Å²) in [6, 6.07) is 1.88. The van der Waals surface area contributed by atoms with Crippen molar-refractivity contribution in [3.05, 3.63) is 54.8 Å². The smallest absolute Gasteiger partial charge is 0.270 e. The van der Waals surface area contributed by atoms with Crippen LogP contribution >= 0.6 is 0 Å². The van der Waals surface area contributed by atoms with Crippen LogP contribution in [0.5, 0.6) is 5.75 Å². The first-order valence-electron chi connectivity index (χ1n) is 8.70. The van der Waals surface area contributed by atoms with Crippen LogP contribution in [0.1, 0.15) is 45.2 Å². The van der Waals surface area contributed by atoms with Crippen LogP contribution in [0.25, 0.3) is 12.2 Å². The Labute approximate surface area is 151 Å². The SMILES string of the molecule is C=c1cc(C)c2c(O)c3c(c(=O)c=2n1CCC(C)(C)C)=NC(=O)C=C3C. The van der Waals surface area contributed by atoms with Gasteiger partial charge >= 0.3 is 0 Å². The normalized spacial score (nSPS) is 14.2. The summed E-state index contributed by atoms with van der Waals surface area (Å²) in [5, 5.41) is 12.5. The van der Waals surface area contributed by atoms with Gasteiger partial charge < -0.3 is 9.67 Å². The highest BCUT2D eigenvalue weighted by Gasteiger charge is 2.21. The van der Waals surface area contributed by atoms with Gasteiger partial charge in [-0.25, -0.2) is 4.99 Å². The van der Waals surface area contributed by atoms with Crippen molar-refractivity contribution in [3.8, 4) is 5.75 Å². The fraction of sp³-hybridized carbons (Fsp3) is 0.381. The quantitative estimate of drug-likeness (QED) is 0.898. The number of carbonyl (C=O) groups is 1. The average molecular weight is 352 g/mol. The maximum Gasteiger partial charge on any atom is 0.270 e. The summed E-state index contributed by atoms with van der Waals surface area (Å²) in [5.41, 5.74) is 1.42. The number of carbonyl (C=O) groups excluding carboxylic acids is 1. The molecule has 0 spiro atoms. The minimum atomic E-state index is -0.477. The minimum Gasteiger partial charge on any atom is -0.507 e. The van der Waals surface area contributed by atoms with Crippen molar-refractivity contribution in [2.45, 2.75) is 47.6 Å². The first-order chi connectivity index (χ1) is 12.0. The Morgan fingerprint density at radius 3 is 2.50 bits per heavy atom. The number of aromatic hydroxyl groups is 1. The minimum absolute atomic E-state index is 0.00149. The highest BCUT2D eigenvalue weighted by molar-refractivity contribution is 5.98. The van der Waals surface area contributed by atoms with Crippen molar-refractivity contribution in [1.82, 2.24) is 4.57 Å². The average Bonchev–Trinajstić information content (AvgIpc) is 2.49. The van der Waals surface area contributed by atoms with Crippen molar-refractivity contribution in [2.24, 2.45) is 10.4 Å². The Morgan fingerprint density at radius 1 is 1.23 bits per heavy atom. The van der Waals surface area contributed by atoms with Crippen LogP contribution in [0.15, 0.2) is 21.9 Å². The fourth-order valence-corrected chi connectivity index (χ4v) is 3.45. The van der Waals surface area contributed by atoms with E-state index in [0.717, 1.165) is 12.0 Å². The second-order valence-electron chi connectivity index (χ2n) is 8.18. The molecule has 0 aromatic carbocycles. The van der Waals surface area contributed by atoms with Crippen molar-refractivity contribution in [1.29, 1.82) is 0 Å². The zero-order valence-corrected chi connectivity index (χ0v) is 15.9. The maximum absolute atomic E-state index is 13.2. The first-order valence-corrected chi connectivity index (χ1v) is 8.70. The molecule has 0 unspecified atom stereocenters. The molecule has 2 aliphatic heterocycles. The number of amides is 1. The Kier molecular flexibility index (Phi) is 4.14. The van der Waals surface area contributed by atoms with Gasteiger partial charge in [0.15, 0.2) is 0 Å². The largest absolute Gasteiger partial charge is 0.507 e. The zero-order valence-electron chi connectivity index (χ0n) is 15.9. The monoisotopic (exact) mass is 352 g/mol. The second-order valence-corrected chi connectivity index (χ2v) is 8.18. The molecule has 1 aliphatic carbocycles. The van der Waals surface area contributed by atoms with Gasteiger partial charge in [-0.3, -0.25) is 9.59 Å². The van der Waals surface area contributed by atoms with Gasteiger partial charge in [-0.15, -0.1) is 0 Å². The standard InChI is InChI=1S/C21H24N2O3/c1-11-9-13(3)23(8-7-21(4,5)6)18-16(11)19(25)15-12(2)10-14(24)22-17(15)20(18)26/h9-10,25H,3,7-8H2,1-2,4-6H3. The summed E-state index contributed by atoms with van der Waals surface area (Å²) < 4.78 is 1.84. The number of fused-ring (bicyclic) bond motifs is 1. The summed E-state index contributed by atoms with van der Waals surface area (Å²) in [7, 11) is 0. The Hall–Kier alpha value is -2.69. The first kappa shape index (κ1) is 18.1. The molecular formula is C21H24N2O3. The molecular weight excluding hydrogens is 328 g/mol. The molecule has 0 aromatic rings. The van der Waals surface area contributed by atoms with E-state index >= 15 is 0 Å². The third-order valence-electron chi connectivity index (χ3n) is 4.81. The van der Waals surface area contributed by atoms with Crippen LogP contribution in [0.4, 0.5) is 0 Å². The molecule has 0 atom stereocenters. The van der Waals surface area contributed by atoms with E-state index in [1.807, 2.05) is 17.6 Å². The van der Waals surface area contributed by atoms with E-state index in [4.69, 9.17) is 0 Å². The lowest BCUT2D eigenvalue weighted by atomic mass is 9.92. The lowest BCUT2D eigenvalue weighted by Gasteiger charge is -2.21. The number of rotatable bonds is 2. The number of allylic oxidation sites excluding steroid dienone is 1. The molecule has 0 radical (unpaired) electrons. The van der Waals surface area contributed by atoms with Crippen LogP contribution in [0.2, 0.25) is 0 Å². The van der Waals surface area contributed by atoms with Crippen molar-refractivity contribution in [3.63, 3.8) is 0 Å². The third kappa shape index (κ3) is 2.87. The Morgan fingerprint density at radius 2 is 1.88 bits per heavy atom. The van der Waals surface area contributed by atoms with Crippen LogP contribution < -0.4 is 16.1 Å². The zero-order chi connectivity index (χ0) is 19.4. The molecule has 5 nitrogen and oxygen atoms in total. The van der Waals surface area contributed by atoms with Gasteiger partial charge in [0, 0.05) is 23.2 Å². The van der Waals surface area contributed by atoms with Crippen molar-refractivity contribution in [2.75, 3.05) is 0 Å². The van der Waals surface area contributed by atoms with E-state index in [-0.39, 0.29) is 22.0 Å². The van der Waals surface area contributed by atoms with E-state index in [1.165, 1.54) is 6.08 Å². The summed E-state index contributed by atoms with van der Waals surface area (Å²) in [5.74, 6) is -0.476. The van der Waals surface area contributed by atoms with Crippen LogP contribution in [-0.4, -0.2) is 15.6 Å². The molecule has 26 heavy (non-hydrogen) atoms. The summed E-state index contributed by atoms with van der Waals surface area (Å²) in [4.78, 5) is 29.0. The molecule has 0 saturated carbocycles. The maximum atomic E-state index is 13.2. The highest BCUT2D eigenvalue weighted by atomic mass is 16.3. The summed E-state index contributed by atoms with van der Waals surface area (Å²) in [6.45, 7) is 14.6. The number of aromatic nitrogens is 1. The lowest BCUT2D eigenvalue weighted by Crippen LogP contribution is -2.37. The fourth-order valence-electron chi connectivity index (χ4n) is 3.45.